The molecule has 23 heavy (non-hydrogen) atoms. The highest BCUT2D eigenvalue weighted by Gasteiger charge is 2.28. The molecule has 0 bridgehead atoms. The second-order valence-corrected chi connectivity index (χ2v) is 6.21. The molecule has 1 aliphatic heterocycles. The summed E-state index contributed by atoms with van der Waals surface area (Å²) in [4.78, 5) is 18.4. The van der Waals surface area contributed by atoms with Crippen LogP contribution >= 0.6 is 0 Å². The normalized spacial score (nSPS) is 17.5. The third-order valence-corrected chi connectivity index (χ3v) is 4.30. The Morgan fingerprint density at radius 2 is 2.09 bits per heavy atom. The van der Waals surface area contributed by atoms with Gasteiger partial charge in [-0.3, -0.25) is 9.78 Å². The molecule has 2 aromatic rings. The van der Waals surface area contributed by atoms with Crippen molar-refractivity contribution in [2.75, 3.05) is 25.0 Å². The van der Waals surface area contributed by atoms with E-state index in [4.69, 9.17) is 0 Å². The number of hydrogen-bond acceptors (Lipinski definition) is 3. The zero-order chi connectivity index (χ0) is 16.1. The van der Waals surface area contributed by atoms with Gasteiger partial charge in [-0.2, -0.15) is 0 Å². The number of amides is 1. The zero-order valence-electron chi connectivity index (χ0n) is 13.5. The van der Waals surface area contributed by atoms with Crippen LogP contribution in [-0.2, 0) is 11.2 Å². The van der Waals surface area contributed by atoms with Gasteiger partial charge < -0.3 is 10.2 Å². The van der Waals surface area contributed by atoms with Crippen molar-refractivity contribution in [3.63, 3.8) is 0 Å². The van der Waals surface area contributed by atoms with Crippen molar-refractivity contribution < 1.29 is 4.79 Å². The van der Waals surface area contributed by atoms with Crippen LogP contribution < -0.4 is 5.32 Å². The van der Waals surface area contributed by atoms with Gasteiger partial charge in [0.15, 0.2) is 0 Å². The highest BCUT2D eigenvalue weighted by atomic mass is 16.2. The first-order valence-corrected chi connectivity index (χ1v) is 8.19. The summed E-state index contributed by atoms with van der Waals surface area (Å²) in [5.41, 5.74) is 3.36. The van der Waals surface area contributed by atoms with Crippen LogP contribution in [0.1, 0.15) is 17.7 Å². The average molecular weight is 309 g/mol. The number of aromatic nitrogens is 1. The van der Waals surface area contributed by atoms with Crippen molar-refractivity contribution in [1.29, 1.82) is 0 Å². The van der Waals surface area contributed by atoms with E-state index in [1.807, 2.05) is 48.4 Å². The van der Waals surface area contributed by atoms with Crippen LogP contribution in [0.5, 0.6) is 0 Å². The van der Waals surface area contributed by atoms with Crippen LogP contribution in [0.15, 0.2) is 48.7 Å². The lowest BCUT2D eigenvalue weighted by Gasteiger charge is -2.17. The Kier molecular flexibility index (Phi) is 4.91. The molecule has 0 radical (unpaired) electrons. The molecule has 120 valence electrons. The van der Waals surface area contributed by atoms with Crippen molar-refractivity contribution in [2.24, 2.45) is 5.92 Å². The summed E-state index contributed by atoms with van der Waals surface area (Å²) in [6.45, 7) is 4.48. The molecule has 1 aliphatic rings. The fourth-order valence-corrected chi connectivity index (χ4v) is 3.03. The Labute approximate surface area is 137 Å². The lowest BCUT2D eigenvalue weighted by atomic mass is 10.1. The molecule has 1 atom stereocenters. The number of carbonyl (C=O) groups is 1. The Morgan fingerprint density at radius 1 is 1.26 bits per heavy atom. The molecule has 4 nitrogen and oxygen atoms in total. The molecule has 0 saturated carbocycles. The van der Waals surface area contributed by atoms with E-state index in [0.29, 0.717) is 12.3 Å². The van der Waals surface area contributed by atoms with Crippen molar-refractivity contribution in [3.8, 4) is 0 Å². The second-order valence-electron chi connectivity index (χ2n) is 6.21. The minimum absolute atomic E-state index is 0.277. The molecular formula is C19H23N3O. The van der Waals surface area contributed by atoms with Crippen LogP contribution in [-0.4, -0.2) is 35.4 Å². The van der Waals surface area contributed by atoms with Crippen LogP contribution in [0.3, 0.4) is 0 Å². The Hall–Kier alpha value is -2.36. The predicted octanol–water partition coefficient (Wildman–Crippen LogP) is 2.89. The third-order valence-electron chi connectivity index (χ3n) is 4.30. The SMILES string of the molecule is Cc1cc(NCC2CC(=O)N(CCc3ccccc3)C2)ccn1. The monoisotopic (exact) mass is 309 g/mol. The second kappa shape index (κ2) is 7.27. The van der Waals surface area contributed by atoms with Gasteiger partial charge in [0.1, 0.15) is 0 Å². The molecule has 1 N–H and O–H groups in total. The topological polar surface area (TPSA) is 45.2 Å². The molecule has 1 fully saturated rings. The van der Waals surface area contributed by atoms with Crippen LogP contribution in [0.2, 0.25) is 0 Å². The lowest BCUT2D eigenvalue weighted by Crippen LogP contribution is -2.28. The summed E-state index contributed by atoms with van der Waals surface area (Å²) < 4.78 is 0. The number of pyridine rings is 1. The van der Waals surface area contributed by atoms with E-state index in [2.05, 4.69) is 22.4 Å². The van der Waals surface area contributed by atoms with Gasteiger partial charge in [0.2, 0.25) is 5.91 Å². The molecule has 1 unspecified atom stereocenters. The van der Waals surface area contributed by atoms with Crippen molar-refractivity contribution >= 4 is 11.6 Å². The standard InChI is InChI=1S/C19H23N3O/c1-15-11-18(7-9-20-15)21-13-17-12-19(23)22(14-17)10-8-16-5-3-2-4-6-16/h2-7,9,11,17H,8,10,12-14H2,1H3,(H,20,21). The summed E-state index contributed by atoms with van der Waals surface area (Å²) in [5, 5.41) is 3.42. The highest BCUT2D eigenvalue weighted by Crippen LogP contribution is 2.19. The number of aryl methyl sites for hydroxylation is 1. The first-order chi connectivity index (χ1) is 11.2. The number of nitrogens with zero attached hydrogens (tertiary/aromatic N) is 2. The molecule has 0 aliphatic carbocycles. The van der Waals surface area contributed by atoms with E-state index in [-0.39, 0.29) is 5.91 Å². The Bertz CT molecular complexity index is 657. The minimum Gasteiger partial charge on any atom is -0.385 e. The fraction of sp³-hybridized carbons (Fsp3) is 0.368. The number of hydrogen-bond donors (Lipinski definition) is 1. The molecule has 1 amide bonds. The average Bonchev–Trinajstić information content (AvgIpc) is 2.92. The van der Waals surface area contributed by atoms with Crippen LogP contribution in [0.4, 0.5) is 5.69 Å². The molecule has 3 rings (SSSR count). The van der Waals surface area contributed by atoms with E-state index >= 15 is 0 Å². The number of benzene rings is 1. The molecule has 4 heteroatoms. The third kappa shape index (κ3) is 4.31. The first-order valence-electron chi connectivity index (χ1n) is 8.19. The number of carbonyl (C=O) groups excluding carboxylic acids is 1. The van der Waals surface area contributed by atoms with Crippen molar-refractivity contribution in [1.82, 2.24) is 9.88 Å². The van der Waals surface area contributed by atoms with Crippen molar-refractivity contribution in [3.05, 3.63) is 59.9 Å². The van der Waals surface area contributed by atoms with E-state index < -0.39 is 0 Å². The Balaban J connectivity index is 1.47. The number of anilines is 1. The number of likely N-dealkylation sites (tertiary alicyclic amines) is 1. The molecule has 1 saturated heterocycles. The number of nitrogens with one attached hydrogen (secondary N) is 1. The minimum atomic E-state index is 0.277. The molecule has 1 aromatic heterocycles. The lowest BCUT2D eigenvalue weighted by molar-refractivity contribution is -0.127. The zero-order valence-corrected chi connectivity index (χ0v) is 13.5. The first kappa shape index (κ1) is 15.5. The molecular weight excluding hydrogens is 286 g/mol. The number of rotatable bonds is 6. The summed E-state index contributed by atoms with van der Waals surface area (Å²) in [5.74, 6) is 0.658. The van der Waals surface area contributed by atoms with E-state index in [9.17, 15) is 4.79 Å². The van der Waals surface area contributed by atoms with E-state index in [1.54, 1.807) is 0 Å². The van der Waals surface area contributed by atoms with Gasteiger partial charge in [0, 0.05) is 49.6 Å². The molecule has 0 spiro atoms. The van der Waals surface area contributed by atoms with Crippen LogP contribution in [0.25, 0.3) is 0 Å². The molecule has 2 heterocycles. The van der Waals surface area contributed by atoms with Gasteiger partial charge in [0.05, 0.1) is 0 Å². The smallest absolute Gasteiger partial charge is 0.223 e. The summed E-state index contributed by atoms with van der Waals surface area (Å²) in [7, 11) is 0. The maximum absolute atomic E-state index is 12.2. The summed E-state index contributed by atoms with van der Waals surface area (Å²) in [6, 6.07) is 14.3. The van der Waals surface area contributed by atoms with Gasteiger partial charge in [-0.05, 0) is 31.0 Å². The molecule has 1 aromatic carbocycles. The van der Waals surface area contributed by atoms with Gasteiger partial charge in [0.25, 0.3) is 0 Å². The quantitative estimate of drug-likeness (QED) is 0.892. The summed E-state index contributed by atoms with van der Waals surface area (Å²) in [6.07, 6.45) is 3.38. The van der Waals surface area contributed by atoms with Crippen LogP contribution in [0, 0.1) is 12.8 Å². The Morgan fingerprint density at radius 3 is 2.87 bits per heavy atom. The van der Waals surface area contributed by atoms with Gasteiger partial charge in [-0.15, -0.1) is 0 Å². The van der Waals surface area contributed by atoms with Gasteiger partial charge in [-0.1, -0.05) is 30.3 Å². The summed E-state index contributed by atoms with van der Waals surface area (Å²) >= 11 is 0. The maximum Gasteiger partial charge on any atom is 0.223 e. The predicted molar refractivity (Wildman–Crippen MR) is 92.3 cm³/mol. The largest absolute Gasteiger partial charge is 0.385 e. The maximum atomic E-state index is 12.2. The highest BCUT2D eigenvalue weighted by molar-refractivity contribution is 5.78. The van der Waals surface area contributed by atoms with Gasteiger partial charge >= 0.3 is 0 Å². The van der Waals surface area contributed by atoms with Gasteiger partial charge in [-0.25, -0.2) is 0 Å². The van der Waals surface area contributed by atoms with E-state index in [0.717, 1.165) is 37.4 Å². The van der Waals surface area contributed by atoms with E-state index in [1.165, 1.54) is 5.56 Å². The fourth-order valence-electron chi connectivity index (χ4n) is 3.03. The van der Waals surface area contributed by atoms with Crippen molar-refractivity contribution in [2.45, 2.75) is 19.8 Å².